The molecule has 0 aliphatic carbocycles. The van der Waals surface area contributed by atoms with Gasteiger partial charge in [-0.3, -0.25) is 9.69 Å². The summed E-state index contributed by atoms with van der Waals surface area (Å²) in [6, 6.07) is 2.40. The molecule has 0 spiro atoms. The Morgan fingerprint density at radius 1 is 1.19 bits per heavy atom. The molecule has 0 N–H and O–H groups in total. The minimum Gasteiger partial charge on any atom is -0.337 e. The van der Waals surface area contributed by atoms with E-state index in [2.05, 4.69) is 17.1 Å². The summed E-state index contributed by atoms with van der Waals surface area (Å²) in [5, 5.41) is 0. The molecule has 0 saturated carbocycles. The molecule has 1 aromatic carbocycles. The topological polar surface area (TPSA) is 23.6 Å². The van der Waals surface area contributed by atoms with Crippen LogP contribution in [0, 0.1) is 18.6 Å². The summed E-state index contributed by atoms with van der Waals surface area (Å²) in [5.74, 6) is -1.61. The quantitative estimate of drug-likeness (QED) is 0.781. The number of benzene rings is 1. The average Bonchev–Trinajstić information content (AvgIpc) is 3.11. The van der Waals surface area contributed by atoms with Crippen molar-refractivity contribution in [2.24, 2.45) is 0 Å². The fourth-order valence-corrected chi connectivity index (χ4v) is 3.00. The van der Waals surface area contributed by atoms with Crippen molar-refractivity contribution in [3.05, 3.63) is 47.0 Å². The van der Waals surface area contributed by atoms with Gasteiger partial charge in [-0.25, -0.2) is 8.78 Å². The molecule has 1 amide bonds. The number of hydrogen-bond acceptors (Lipinski definition) is 2. The predicted molar refractivity (Wildman–Crippen MR) is 76.1 cm³/mol. The Morgan fingerprint density at radius 2 is 1.90 bits per heavy atom. The van der Waals surface area contributed by atoms with E-state index in [1.54, 1.807) is 4.90 Å². The molecule has 1 aromatic rings. The minimum atomic E-state index is -0.648. The normalized spacial score (nSPS) is 22.2. The molecule has 2 heterocycles. The van der Waals surface area contributed by atoms with Gasteiger partial charge in [-0.05, 0) is 31.0 Å². The summed E-state index contributed by atoms with van der Waals surface area (Å²) < 4.78 is 27.5. The summed E-state index contributed by atoms with van der Waals surface area (Å²) in [7, 11) is 0. The highest BCUT2D eigenvalue weighted by Crippen LogP contribution is 2.22. The molecule has 3 rings (SSSR count). The van der Waals surface area contributed by atoms with Gasteiger partial charge in [0.05, 0.1) is 5.56 Å². The maximum absolute atomic E-state index is 13.9. The highest BCUT2D eigenvalue weighted by Gasteiger charge is 2.32. The zero-order valence-electron chi connectivity index (χ0n) is 12.0. The lowest BCUT2D eigenvalue weighted by molar-refractivity contribution is 0.0775. The number of rotatable bonds is 2. The summed E-state index contributed by atoms with van der Waals surface area (Å²) in [5.41, 5.74) is 0.0461. The Labute approximate surface area is 122 Å². The van der Waals surface area contributed by atoms with E-state index in [0.29, 0.717) is 19.1 Å². The molecule has 0 aromatic heterocycles. The maximum Gasteiger partial charge on any atom is 0.256 e. The molecule has 5 heteroatoms. The monoisotopic (exact) mass is 292 g/mol. The summed E-state index contributed by atoms with van der Waals surface area (Å²) in [4.78, 5) is 16.3. The SMILES string of the molecule is Cc1cc(F)c(C(=O)N2CC[C@H](N3CC=CC3)C2)cc1F. The summed E-state index contributed by atoms with van der Waals surface area (Å²) in [6.07, 6.45) is 5.10. The molecule has 112 valence electrons. The number of halogens is 2. The van der Waals surface area contributed by atoms with Crippen LogP contribution in [0.5, 0.6) is 0 Å². The smallest absolute Gasteiger partial charge is 0.256 e. The van der Waals surface area contributed by atoms with Crippen LogP contribution < -0.4 is 0 Å². The lowest BCUT2D eigenvalue weighted by Gasteiger charge is -2.23. The fourth-order valence-electron chi connectivity index (χ4n) is 3.00. The summed E-state index contributed by atoms with van der Waals surface area (Å²) in [6.45, 7) is 4.46. The number of amides is 1. The Kier molecular flexibility index (Phi) is 3.76. The molecule has 0 bridgehead atoms. The molecule has 1 saturated heterocycles. The van der Waals surface area contributed by atoms with Crippen LogP contribution in [0.4, 0.5) is 8.78 Å². The first-order valence-electron chi connectivity index (χ1n) is 7.20. The van der Waals surface area contributed by atoms with E-state index in [-0.39, 0.29) is 11.1 Å². The zero-order chi connectivity index (χ0) is 15.0. The van der Waals surface area contributed by atoms with Crippen LogP contribution in [0.15, 0.2) is 24.3 Å². The Bertz CT molecular complexity index is 592. The van der Waals surface area contributed by atoms with E-state index in [1.165, 1.54) is 6.92 Å². The number of nitrogens with zero attached hydrogens (tertiary/aromatic N) is 2. The van der Waals surface area contributed by atoms with Crippen LogP contribution in [0.25, 0.3) is 0 Å². The molecular formula is C16H18F2N2O. The maximum atomic E-state index is 13.9. The number of carbonyl (C=O) groups is 1. The van der Waals surface area contributed by atoms with Gasteiger partial charge in [-0.1, -0.05) is 12.2 Å². The van der Waals surface area contributed by atoms with Gasteiger partial charge in [0.25, 0.3) is 5.91 Å². The van der Waals surface area contributed by atoms with E-state index in [0.717, 1.165) is 31.6 Å². The molecule has 2 aliphatic rings. The van der Waals surface area contributed by atoms with Crippen molar-refractivity contribution < 1.29 is 13.6 Å². The minimum absolute atomic E-state index is 0.168. The number of likely N-dealkylation sites (tertiary alicyclic amines) is 1. The van der Waals surface area contributed by atoms with Crippen LogP contribution in [0.3, 0.4) is 0 Å². The Hall–Kier alpha value is -1.75. The van der Waals surface area contributed by atoms with E-state index < -0.39 is 17.5 Å². The van der Waals surface area contributed by atoms with Crippen molar-refractivity contribution in [2.75, 3.05) is 26.2 Å². The standard InChI is InChI=1S/C16H18F2N2O/c1-11-8-15(18)13(9-14(11)17)16(21)20-7-4-12(10-20)19-5-2-3-6-19/h2-3,8-9,12H,4-7,10H2,1H3/t12-/m0/s1. The van der Waals surface area contributed by atoms with Crippen LogP contribution in [-0.2, 0) is 0 Å². The second kappa shape index (κ2) is 5.56. The van der Waals surface area contributed by atoms with E-state index in [9.17, 15) is 13.6 Å². The second-order valence-corrected chi connectivity index (χ2v) is 5.70. The van der Waals surface area contributed by atoms with Gasteiger partial charge in [0.1, 0.15) is 11.6 Å². The van der Waals surface area contributed by atoms with Gasteiger partial charge in [0, 0.05) is 32.2 Å². The lowest BCUT2D eigenvalue weighted by Crippen LogP contribution is -2.37. The van der Waals surface area contributed by atoms with Gasteiger partial charge in [0.15, 0.2) is 0 Å². The fraction of sp³-hybridized carbons (Fsp3) is 0.438. The summed E-state index contributed by atoms with van der Waals surface area (Å²) >= 11 is 0. The average molecular weight is 292 g/mol. The Balaban J connectivity index is 1.73. The van der Waals surface area contributed by atoms with Gasteiger partial charge < -0.3 is 4.90 Å². The highest BCUT2D eigenvalue weighted by molar-refractivity contribution is 5.94. The molecule has 3 nitrogen and oxygen atoms in total. The van der Waals surface area contributed by atoms with Crippen molar-refractivity contribution in [2.45, 2.75) is 19.4 Å². The van der Waals surface area contributed by atoms with Crippen LogP contribution in [0.2, 0.25) is 0 Å². The van der Waals surface area contributed by atoms with Gasteiger partial charge in [-0.15, -0.1) is 0 Å². The van der Waals surface area contributed by atoms with E-state index >= 15 is 0 Å². The third kappa shape index (κ3) is 2.70. The Morgan fingerprint density at radius 3 is 2.62 bits per heavy atom. The van der Waals surface area contributed by atoms with E-state index in [1.807, 2.05) is 0 Å². The second-order valence-electron chi connectivity index (χ2n) is 5.70. The number of carbonyl (C=O) groups excluding carboxylic acids is 1. The first-order valence-corrected chi connectivity index (χ1v) is 7.20. The number of hydrogen-bond donors (Lipinski definition) is 0. The van der Waals surface area contributed by atoms with Gasteiger partial charge >= 0.3 is 0 Å². The first-order chi connectivity index (χ1) is 10.1. The third-order valence-corrected chi connectivity index (χ3v) is 4.29. The van der Waals surface area contributed by atoms with Crippen LogP contribution in [-0.4, -0.2) is 47.9 Å². The van der Waals surface area contributed by atoms with Crippen molar-refractivity contribution in [3.63, 3.8) is 0 Å². The van der Waals surface area contributed by atoms with E-state index in [4.69, 9.17) is 0 Å². The molecule has 1 fully saturated rings. The molecule has 0 unspecified atom stereocenters. The largest absolute Gasteiger partial charge is 0.337 e. The molecule has 1 atom stereocenters. The zero-order valence-corrected chi connectivity index (χ0v) is 12.0. The molecule has 0 radical (unpaired) electrons. The van der Waals surface area contributed by atoms with Crippen LogP contribution >= 0.6 is 0 Å². The van der Waals surface area contributed by atoms with Crippen molar-refractivity contribution >= 4 is 5.91 Å². The molecule has 21 heavy (non-hydrogen) atoms. The first kappa shape index (κ1) is 14.2. The van der Waals surface area contributed by atoms with Gasteiger partial charge in [0.2, 0.25) is 0 Å². The van der Waals surface area contributed by atoms with Crippen molar-refractivity contribution in [1.29, 1.82) is 0 Å². The third-order valence-electron chi connectivity index (χ3n) is 4.29. The number of aryl methyl sites for hydroxylation is 1. The van der Waals surface area contributed by atoms with Crippen LogP contribution in [0.1, 0.15) is 22.3 Å². The molecular weight excluding hydrogens is 274 g/mol. The van der Waals surface area contributed by atoms with Gasteiger partial charge in [-0.2, -0.15) is 0 Å². The van der Waals surface area contributed by atoms with Crippen molar-refractivity contribution in [1.82, 2.24) is 9.80 Å². The van der Waals surface area contributed by atoms with Crippen molar-refractivity contribution in [3.8, 4) is 0 Å². The molecule has 2 aliphatic heterocycles. The highest BCUT2D eigenvalue weighted by atomic mass is 19.1. The predicted octanol–water partition coefficient (Wildman–Crippen LogP) is 2.36. The lowest BCUT2D eigenvalue weighted by atomic mass is 10.1.